The first-order valence-corrected chi connectivity index (χ1v) is 9.23. The summed E-state index contributed by atoms with van der Waals surface area (Å²) in [7, 11) is 0. The standard InChI is InChI=1S/C18H21NO4S/c1-11(2)9-22-17(21)14-13-5-6-18(23-13)10-19(16(20)15(14)18)8-12-4-3-7-24-12/h3-7,11,13-15H,8-10H2,1-2H3/t13-,14+,15+,18-/m1/s1. The predicted molar refractivity (Wildman–Crippen MR) is 89.3 cm³/mol. The number of thiophene rings is 1. The Morgan fingerprint density at radius 3 is 3.08 bits per heavy atom. The lowest BCUT2D eigenvalue weighted by Crippen LogP contribution is -2.40. The second-order valence-corrected chi connectivity index (χ2v) is 8.23. The third-order valence-electron chi connectivity index (χ3n) is 4.94. The van der Waals surface area contributed by atoms with Gasteiger partial charge < -0.3 is 14.4 Å². The molecule has 0 unspecified atom stereocenters. The molecule has 3 aliphatic rings. The monoisotopic (exact) mass is 347 g/mol. The Hall–Kier alpha value is -1.66. The molecule has 0 radical (unpaired) electrons. The molecule has 1 amide bonds. The largest absolute Gasteiger partial charge is 0.465 e. The molecule has 0 aromatic carbocycles. The summed E-state index contributed by atoms with van der Waals surface area (Å²) in [4.78, 5) is 28.5. The molecular weight excluding hydrogens is 326 g/mol. The molecule has 1 spiro atoms. The molecule has 1 aromatic heterocycles. The Morgan fingerprint density at radius 2 is 2.38 bits per heavy atom. The van der Waals surface area contributed by atoms with Gasteiger partial charge in [0.1, 0.15) is 11.5 Å². The van der Waals surface area contributed by atoms with Crippen molar-refractivity contribution in [3.8, 4) is 0 Å². The van der Waals surface area contributed by atoms with E-state index >= 15 is 0 Å². The number of fused-ring (bicyclic) bond motifs is 1. The smallest absolute Gasteiger partial charge is 0.312 e. The first-order valence-electron chi connectivity index (χ1n) is 8.35. The third-order valence-corrected chi connectivity index (χ3v) is 5.80. The predicted octanol–water partition coefficient (Wildman–Crippen LogP) is 2.23. The fraction of sp³-hybridized carbons (Fsp3) is 0.556. The van der Waals surface area contributed by atoms with Crippen molar-refractivity contribution in [2.24, 2.45) is 17.8 Å². The summed E-state index contributed by atoms with van der Waals surface area (Å²) in [6, 6.07) is 4.00. The Kier molecular flexibility index (Phi) is 3.77. The second kappa shape index (κ2) is 5.70. The number of ether oxygens (including phenoxy) is 2. The summed E-state index contributed by atoms with van der Waals surface area (Å²) in [5.41, 5.74) is -0.652. The lowest BCUT2D eigenvalue weighted by atomic mass is 9.77. The van der Waals surface area contributed by atoms with Gasteiger partial charge in [0.2, 0.25) is 5.91 Å². The molecule has 128 valence electrons. The van der Waals surface area contributed by atoms with Crippen LogP contribution in [0, 0.1) is 17.8 Å². The molecule has 1 aromatic rings. The quantitative estimate of drug-likeness (QED) is 0.605. The maximum absolute atomic E-state index is 13.0. The highest BCUT2D eigenvalue weighted by Gasteiger charge is 2.67. The minimum atomic E-state index is -0.652. The van der Waals surface area contributed by atoms with Gasteiger partial charge in [-0.05, 0) is 17.4 Å². The summed E-state index contributed by atoms with van der Waals surface area (Å²) < 4.78 is 11.5. The number of rotatable bonds is 5. The van der Waals surface area contributed by atoms with E-state index in [9.17, 15) is 9.59 Å². The van der Waals surface area contributed by atoms with Crippen LogP contribution in [-0.2, 0) is 25.6 Å². The van der Waals surface area contributed by atoms with Gasteiger partial charge in [0, 0.05) is 4.88 Å². The molecule has 24 heavy (non-hydrogen) atoms. The number of carbonyl (C=O) groups is 2. The number of hydrogen-bond donors (Lipinski definition) is 0. The molecule has 4 atom stereocenters. The van der Waals surface area contributed by atoms with E-state index < -0.39 is 17.4 Å². The van der Waals surface area contributed by atoms with Crippen LogP contribution in [-0.4, -0.2) is 41.6 Å². The third kappa shape index (κ3) is 2.40. The van der Waals surface area contributed by atoms with Crippen LogP contribution in [0.4, 0.5) is 0 Å². The average molecular weight is 347 g/mol. The van der Waals surface area contributed by atoms with Gasteiger partial charge in [0.25, 0.3) is 0 Å². The number of hydrogen-bond acceptors (Lipinski definition) is 5. The summed E-state index contributed by atoms with van der Waals surface area (Å²) in [5, 5.41) is 2.00. The van der Waals surface area contributed by atoms with Gasteiger partial charge in [-0.25, -0.2) is 0 Å². The van der Waals surface area contributed by atoms with Gasteiger partial charge in [-0.1, -0.05) is 32.1 Å². The molecule has 2 fully saturated rings. The molecule has 2 saturated heterocycles. The van der Waals surface area contributed by atoms with Crippen LogP contribution < -0.4 is 0 Å². The van der Waals surface area contributed by atoms with Crippen molar-refractivity contribution in [3.05, 3.63) is 34.5 Å². The van der Waals surface area contributed by atoms with Gasteiger partial charge in [0.15, 0.2) is 0 Å². The van der Waals surface area contributed by atoms with Crippen molar-refractivity contribution in [1.82, 2.24) is 4.90 Å². The SMILES string of the molecule is CC(C)COC(=O)[C@@H]1[C@H]2C(=O)N(Cc3cccs3)C[C@]23C=C[C@H]1O3. The zero-order valence-corrected chi connectivity index (χ0v) is 14.6. The molecule has 6 heteroatoms. The van der Waals surface area contributed by atoms with Crippen molar-refractivity contribution in [2.45, 2.75) is 32.1 Å². The van der Waals surface area contributed by atoms with Gasteiger partial charge in [-0.3, -0.25) is 9.59 Å². The molecule has 0 aliphatic carbocycles. The van der Waals surface area contributed by atoms with Crippen molar-refractivity contribution >= 4 is 23.2 Å². The number of carbonyl (C=O) groups excluding carboxylic acids is 2. The Balaban J connectivity index is 1.54. The topological polar surface area (TPSA) is 55.8 Å². The van der Waals surface area contributed by atoms with E-state index in [1.165, 1.54) is 0 Å². The summed E-state index contributed by atoms with van der Waals surface area (Å²) in [6.45, 7) is 5.45. The van der Waals surface area contributed by atoms with Crippen LogP contribution >= 0.6 is 11.3 Å². The van der Waals surface area contributed by atoms with E-state index in [-0.39, 0.29) is 23.9 Å². The number of esters is 1. The molecule has 5 nitrogen and oxygen atoms in total. The van der Waals surface area contributed by atoms with Gasteiger partial charge in [-0.15, -0.1) is 11.3 Å². The fourth-order valence-electron chi connectivity index (χ4n) is 3.92. The maximum atomic E-state index is 13.0. The molecular formula is C18H21NO4S. The highest BCUT2D eigenvalue weighted by atomic mass is 32.1. The van der Waals surface area contributed by atoms with Crippen LogP contribution in [0.25, 0.3) is 0 Å². The van der Waals surface area contributed by atoms with E-state index in [1.807, 2.05) is 48.4 Å². The van der Waals surface area contributed by atoms with Crippen molar-refractivity contribution in [1.29, 1.82) is 0 Å². The van der Waals surface area contributed by atoms with E-state index in [1.54, 1.807) is 11.3 Å². The Morgan fingerprint density at radius 1 is 1.54 bits per heavy atom. The van der Waals surface area contributed by atoms with Gasteiger partial charge in [0.05, 0.1) is 31.7 Å². The van der Waals surface area contributed by atoms with E-state index in [0.29, 0.717) is 19.7 Å². The van der Waals surface area contributed by atoms with Crippen molar-refractivity contribution < 1.29 is 19.1 Å². The zero-order valence-electron chi connectivity index (χ0n) is 13.8. The van der Waals surface area contributed by atoms with E-state index in [2.05, 4.69) is 0 Å². The van der Waals surface area contributed by atoms with Gasteiger partial charge in [-0.2, -0.15) is 0 Å². The minimum Gasteiger partial charge on any atom is -0.465 e. The zero-order chi connectivity index (χ0) is 16.9. The first-order chi connectivity index (χ1) is 11.5. The highest BCUT2D eigenvalue weighted by molar-refractivity contribution is 7.09. The molecule has 3 aliphatic heterocycles. The van der Waals surface area contributed by atoms with Crippen molar-refractivity contribution in [3.63, 3.8) is 0 Å². The number of nitrogens with zero attached hydrogens (tertiary/aromatic N) is 1. The number of amides is 1. The van der Waals surface area contributed by atoms with Gasteiger partial charge >= 0.3 is 5.97 Å². The van der Waals surface area contributed by atoms with E-state index in [0.717, 1.165) is 4.88 Å². The lowest BCUT2D eigenvalue weighted by Gasteiger charge is -2.23. The molecule has 4 heterocycles. The van der Waals surface area contributed by atoms with Crippen LogP contribution in [0.1, 0.15) is 18.7 Å². The van der Waals surface area contributed by atoms with E-state index in [4.69, 9.17) is 9.47 Å². The molecule has 0 saturated carbocycles. The summed E-state index contributed by atoms with van der Waals surface area (Å²) in [5.74, 6) is -1.01. The molecule has 0 N–H and O–H groups in total. The lowest BCUT2D eigenvalue weighted by molar-refractivity contribution is -0.154. The Bertz CT molecular complexity index is 683. The van der Waals surface area contributed by atoms with Crippen LogP contribution in [0.3, 0.4) is 0 Å². The summed E-state index contributed by atoms with van der Waals surface area (Å²) >= 11 is 1.63. The van der Waals surface area contributed by atoms with Crippen LogP contribution in [0.5, 0.6) is 0 Å². The normalized spacial score (nSPS) is 33.5. The van der Waals surface area contributed by atoms with Crippen molar-refractivity contribution in [2.75, 3.05) is 13.2 Å². The Labute approximate surface area is 145 Å². The maximum Gasteiger partial charge on any atom is 0.312 e. The average Bonchev–Trinajstić information content (AvgIpc) is 3.28. The molecule has 4 rings (SSSR count). The fourth-order valence-corrected chi connectivity index (χ4v) is 4.64. The first kappa shape index (κ1) is 15.8. The highest BCUT2D eigenvalue weighted by Crippen LogP contribution is 2.52. The van der Waals surface area contributed by atoms with Crippen LogP contribution in [0.15, 0.2) is 29.7 Å². The van der Waals surface area contributed by atoms with Crippen LogP contribution in [0.2, 0.25) is 0 Å². The number of likely N-dealkylation sites (tertiary alicyclic amines) is 1. The second-order valence-electron chi connectivity index (χ2n) is 7.20. The summed E-state index contributed by atoms with van der Waals surface area (Å²) in [6.07, 6.45) is 3.56. The minimum absolute atomic E-state index is 0.00162. The molecule has 2 bridgehead atoms.